The first kappa shape index (κ1) is 20.1. The van der Waals surface area contributed by atoms with Gasteiger partial charge < -0.3 is 19.2 Å². The van der Waals surface area contributed by atoms with E-state index in [-0.39, 0.29) is 22.8 Å². The van der Waals surface area contributed by atoms with Gasteiger partial charge in [0.05, 0.1) is 24.7 Å². The van der Waals surface area contributed by atoms with Crippen molar-refractivity contribution < 1.29 is 23.8 Å². The summed E-state index contributed by atoms with van der Waals surface area (Å²) in [4.78, 5) is 33.1. The average molecular weight is 408 g/mol. The molecule has 4 rings (SSSR count). The Morgan fingerprint density at radius 3 is 2.73 bits per heavy atom. The second-order valence-electron chi connectivity index (χ2n) is 7.52. The van der Waals surface area contributed by atoms with Crippen LogP contribution in [-0.4, -0.2) is 53.3 Å². The van der Waals surface area contributed by atoms with Crippen LogP contribution in [0.2, 0.25) is 0 Å². The number of furan rings is 1. The summed E-state index contributed by atoms with van der Waals surface area (Å²) in [5.41, 5.74) is 0.786. The van der Waals surface area contributed by atoms with Gasteiger partial charge in [0.2, 0.25) is 0 Å². The molecule has 1 aliphatic heterocycles. The molecule has 1 atom stereocenters. The molecule has 1 aliphatic rings. The number of piperidine rings is 1. The second-order valence-corrected chi connectivity index (χ2v) is 7.52. The Balaban J connectivity index is 1.76. The molecule has 1 saturated heterocycles. The maximum absolute atomic E-state index is 13.7. The van der Waals surface area contributed by atoms with E-state index >= 15 is 0 Å². The highest BCUT2D eigenvalue weighted by molar-refractivity contribution is 6.19. The molecule has 0 aliphatic carbocycles. The summed E-state index contributed by atoms with van der Waals surface area (Å²) < 4.78 is 10.8. The van der Waals surface area contributed by atoms with E-state index in [4.69, 9.17) is 9.15 Å². The first-order valence-corrected chi connectivity index (χ1v) is 10.1. The van der Waals surface area contributed by atoms with E-state index in [1.165, 1.54) is 25.6 Å². The fourth-order valence-corrected chi connectivity index (χ4v) is 4.09. The highest BCUT2D eigenvalue weighted by atomic mass is 16.5. The van der Waals surface area contributed by atoms with Gasteiger partial charge in [0.25, 0.3) is 0 Å². The highest BCUT2D eigenvalue weighted by Crippen LogP contribution is 2.39. The lowest BCUT2D eigenvalue weighted by molar-refractivity contribution is 0.0748. The first-order valence-electron chi connectivity index (χ1n) is 10.1. The van der Waals surface area contributed by atoms with Gasteiger partial charge in [0, 0.05) is 30.6 Å². The molecular weight excluding hydrogens is 384 g/mol. The van der Waals surface area contributed by atoms with E-state index in [1.54, 1.807) is 24.4 Å². The third-order valence-electron chi connectivity index (χ3n) is 5.61. The topological polar surface area (TPSA) is 92.9 Å². The average Bonchev–Trinajstić information content (AvgIpc) is 3.25. The van der Waals surface area contributed by atoms with Crippen LogP contribution < -0.4 is 4.74 Å². The quantitative estimate of drug-likeness (QED) is 0.470. The van der Waals surface area contributed by atoms with Gasteiger partial charge in [0.1, 0.15) is 22.6 Å². The van der Waals surface area contributed by atoms with Gasteiger partial charge in [-0.25, -0.2) is 0 Å². The van der Waals surface area contributed by atoms with Gasteiger partial charge in [-0.15, -0.1) is 0 Å². The van der Waals surface area contributed by atoms with Gasteiger partial charge in [-0.2, -0.15) is 0 Å². The van der Waals surface area contributed by atoms with E-state index in [0.717, 1.165) is 32.4 Å². The maximum atomic E-state index is 13.7. The number of fused-ring (bicyclic) bond motifs is 1. The number of pyridine rings is 1. The molecule has 0 bridgehead atoms. The summed E-state index contributed by atoms with van der Waals surface area (Å²) in [6.45, 7) is 1.97. The summed E-state index contributed by atoms with van der Waals surface area (Å²) in [7, 11) is 1.43. The Hall–Kier alpha value is -3.19. The molecule has 1 aromatic carbocycles. The van der Waals surface area contributed by atoms with Crippen LogP contribution in [0.3, 0.4) is 0 Å². The number of phenols is 1. The number of ether oxygens (including phenoxy) is 1. The molecule has 7 heteroatoms. The minimum atomic E-state index is -0.976. The van der Waals surface area contributed by atoms with Crippen molar-refractivity contribution in [2.75, 3.05) is 26.7 Å². The van der Waals surface area contributed by atoms with E-state index in [1.807, 2.05) is 0 Å². The van der Waals surface area contributed by atoms with E-state index in [0.29, 0.717) is 23.1 Å². The van der Waals surface area contributed by atoms with Gasteiger partial charge in [-0.05, 0) is 44.1 Å². The Morgan fingerprint density at radius 2 is 2.03 bits per heavy atom. The number of nitrogens with zero attached hydrogens (tertiary/aromatic N) is 2. The molecule has 0 saturated carbocycles. The monoisotopic (exact) mass is 408 g/mol. The van der Waals surface area contributed by atoms with E-state index in [2.05, 4.69) is 9.88 Å². The normalized spacial score (nSPS) is 15.8. The first-order chi connectivity index (χ1) is 14.6. The number of carbonyl (C=O) groups is 2. The SMILES string of the molecule is COc1c(C(=O)C(CN2CCCCC2)C(=O)c2cccnc2)c(O)cc2occc12. The van der Waals surface area contributed by atoms with E-state index < -0.39 is 11.7 Å². The van der Waals surface area contributed by atoms with Gasteiger partial charge in [-0.1, -0.05) is 6.42 Å². The summed E-state index contributed by atoms with van der Waals surface area (Å²) >= 11 is 0. The van der Waals surface area contributed by atoms with E-state index in [9.17, 15) is 14.7 Å². The van der Waals surface area contributed by atoms with Crippen LogP contribution in [0.1, 0.15) is 40.0 Å². The minimum absolute atomic E-state index is 0.00523. The number of likely N-dealkylation sites (tertiary alicyclic amines) is 1. The van der Waals surface area contributed by atoms with Crippen molar-refractivity contribution in [2.45, 2.75) is 19.3 Å². The molecule has 1 N–H and O–H groups in total. The highest BCUT2D eigenvalue weighted by Gasteiger charge is 2.35. The summed E-state index contributed by atoms with van der Waals surface area (Å²) in [6, 6.07) is 6.39. The molecule has 1 fully saturated rings. The Labute approximate surface area is 174 Å². The lowest BCUT2D eigenvalue weighted by Crippen LogP contribution is -2.40. The number of rotatable bonds is 7. The third kappa shape index (κ3) is 3.80. The lowest BCUT2D eigenvalue weighted by Gasteiger charge is -2.29. The van der Waals surface area contributed by atoms with Crippen LogP contribution in [0, 0.1) is 5.92 Å². The molecule has 7 nitrogen and oxygen atoms in total. The number of aromatic nitrogens is 1. The maximum Gasteiger partial charge on any atom is 0.182 e. The zero-order valence-electron chi connectivity index (χ0n) is 16.8. The van der Waals surface area contributed by atoms with Crippen LogP contribution in [-0.2, 0) is 0 Å². The Morgan fingerprint density at radius 1 is 1.23 bits per heavy atom. The number of hydrogen-bond donors (Lipinski definition) is 1. The second kappa shape index (κ2) is 8.67. The number of aromatic hydroxyl groups is 1. The summed E-state index contributed by atoms with van der Waals surface area (Å²) in [5, 5.41) is 11.2. The molecular formula is C23H24N2O5. The Kier molecular flexibility index (Phi) is 5.81. The predicted molar refractivity (Wildman–Crippen MR) is 111 cm³/mol. The van der Waals surface area contributed by atoms with Gasteiger partial charge in [0.15, 0.2) is 11.6 Å². The Bertz CT molecular complexity index is 1050. The number of carbonyl (C=O) groups excluding carboxylic acids is 2. The molecule has 0 spiro atoms. The molecule has 30 heavy (non-hydrogen) atoms. The number of Topliss-reactive ketones (excluding diaryl/α,β-unsaturated/α-hetero) is 2. The molecule has 2 aromatic heterocycles. The standard InChI is InChI=1S/C23H24N2O5/c1-29-23-16-7-11-30-19(16)12-18(26)20(23)22(28)17(14-25-9-3-2-4-10-25)21(27)15-6-5-8-24-13-15/h5-8,11-13,17,26H,2-4,9-10,14H2,1H3. The van der Waals surface area contributed by atoms with Crippen molar-refractivity contribution in [3.8, 4) is 11.5 Å². The zero-order valence-corrected chi connectivity index (χ0v) is 16.8. The number of hydrogen-bond acceptors (Lipinski definition) is 7. The third-order valence-corrected chi connectivity index (χ3v) is 5.61. The van der Waals surface area contributed by atoms with Crippen molar-refractivity contribution in [1.82, 2.24) is 9.88 Å². The smallest absolute Gasteiger partial charge is 0.182 e. The lowest BCUT2D eigenvalue weighted by atomic mass is 9.88. The molecule has 0 radical (unpaired) electrons. The van der Waals surface area contributed by atoms with Crippen molar-refractivity contribution in [1.29, 1.82) is 0 Å². The van der Waals surface area contributed by atoms with Crippen molar-refractivity contribution in [2.24, 2.45) is 5.92 Å². The fraction of sp³-hybridized carbons (Fsp3) is 0.348. The zero-order chi connectivity index (χ0) is 21.1. The van der Waals surface area contributed by atoms with Crippen LogP contribution in [0.5, 0.6) is 11.5 Å². The molecule has 3 aromatic rings. The van der Waals surface area contributed by atoms with Crippen molar-refractivity contribution in [3.63, 3.8) is 0 Å². The minimum Gasteiger partial charge on any atom is -0.507 e. The summed E-state index contributed by atoms with van der Waals surface area (Å²) in [6.07, 6.45) is 7.74. The largest absolute Gasteiger partial charge is 0.507 e. The van der Waals surface area contributed by atoms with Crippen LogP contribution in [0.25, 0.3) is 11.0 Å². The number of phenolic OH excluding ortho intramolecular Hbond substituents is 1. The van der Waals surface area contributed by atoms with Crippen molar-refractivity contribution in [3.05, 3.63) is 54.0 Å². The number of ketones is 2. The molecule has 3 heterocycles. The fourth-order valence-electron chi connectivity index (χ4n) is 4.09. The molecule has 0 amide bonds. The predicted octanol–water partition coefficient (Wildman–Crippen LogP) is 3.71. The van der Waals surface area contributed by atoms with Gasteiger partial charge >= 0.3 is 0 Å². The van der Waals surface area contributed by atoms with Crippen LogP contribution in [0.15, 0.2) is 47.3 Å². The van der Waals surface area contributed by atoms with Crippen LogP contribution in [0.4, 0.5) is 0 Å². The van der Waals surface area contributed by atoms with Crippen LogP contribution >= 0.6 is 0 Å². The number of methoxy groups -OCH3 is 1. The molecule has 156 valence electrons. The van der Waals surface area contributed by atoms with Crippen molar-refractivity contribution >= 4 is 22.5 Å². The summed E-state index contributed by atoms with van der Waals surface area (Å²) in [5.74, 6) is -1.80. The number of benzene rings is 1. The molecule has 1 unspecified atom stereocenters. The van der Waals surface area contributed by atoms with Gasteiger partial charge in [-0.3, -0.25) is 14.6 Å².